The summed E-state index contributed by atoms with van der Waals surface area (Å²) in [5.41, 5.74) is 1.49. The number of fused-ring (bicyclic) bond motifs is 1. The molecule has 0 radical (unpaired) electrons. The minimum atomic E-state index is -1.11. The van der Waals surface area contributed by atoms with Crippen LogP contribution in [0.1, 0.15) is 35.3 Å². The number of rotatable bonds is 7. The molecule has 9 nitrogen and oxygen atoms in total. The van der Waals surface area contributed by atoms with Gasteiger partial charge in [-0.25, -0.2) is 0 Å². The summed E-state index contributed by atoms with van der Waals surface area (Å²) in [4.78, 5) is 51.0. The number of carbonyl (C=O) groups is 4. The van der Waals surface area contributed by atoms with E-state index < -0.39 is 42.8 Å². The van der Waals surface area contributed by atoms with E-state index in [-0.39, 0.29) is 6.04 Å². The smallest absolute Gasteiger partial charge is 0.308 e. The molecule has 0 fully saturated rings. The van der Waals surface area contributed by atoms with Crippen molar-refractivity contribution < 1.29 is 28.7 Å². The fourth-order valence-corrected chi connectivity index (χ4v) is 3.36. The van der Waals surface area contributed by atoms with Crippen LogP contribution < -0.4 is 15.4 Å². The Hall–Kier alpha value is -3.88. The zero-order valence-electron chi connectivity index (χ0n) is 18.1. The summed E-state index contributed by atoms with van der Waals surface area (Å²) < 4.78 is 10.4. The first kappa shape index (κ1) is 22.8. The molecule has 1 heterocycles. The van der Waals surface area contributed by atoms with Gasteiger partial charge in [0.25, 0.3) is 11.8 Å². The summed E-state index contributed by atoms with van der Waals surface area (Å²) in [5, 5.41) is 5.14. The Kier molecular flexibility index (Phi) is 7.09. The summed E-state index contributed by atoms with van der Waals surface area (Å²) in [7, 11) is 3.15. The Bertz CT molecular complexity index is 1040. The Morgan fingerprint density at radius 3 is 2.53 bits per heavy atom. The van der Waals surface area contributed by atoms with Crippen LogP contribution >= 0.6 is 0 Å². The highest BCUT2D eigenvalue weighted by molar-refractivity contribution is 6.10. The Morgan fingerprint density at radius 1 is 1.09 bits per heavy atom. The van der Waals surface area contributed by atoms with Crippen LogP contribution in [0, 0.1) is 0 Å². The number of esters is 1. The van der Waals surface area contributed by atoms with Gasteiger partial charge in [0.15, 0.2) is 6.61 Å². The predicted molar refractivity (Wildman–Crippen MR) is 116 cm³/mol. The summed E-state index contributed by atoms with van der Waals surface area (Å²) >= 11 is 0. The lowest BCUT2D eigenvalue weighted by Crippen LogP contribution is -2.43. The van der Waals surface area contributed by atoms with Gasteiger partial charge in [0, 0.05) is 12.6 Å². The van der Waals surface area contributed by atoms with E-state index in [1.54, 1.807) is 44.5 Å². The predicted octanol–water partition coefficient (Wildman–Crippen LogP) is 1.90. The average molecular weight is 439 g/mol. The van der Waals surface area contributed by atoms with Gasteiger partial charge in [0.2, 0.25) is 5.91 Å². The SMILES string of the molecule is COc1ccccc1C(C)N(C)C(=O)COC(=O)C[C@@H]1NC(=O)c2ccccc2NC1=O. The van der Waals surface area contributed by atoms with Gasteiger partial charge in [-0.3, -0.25) is 19.2 Å². The lowest BCUT2D eigenvalue weighted by atomic mass is 10.1. The molecule has 32 heavy (non-hydrogen) atoms. The second kappa shape index (κ2) is 9.95. The number of nitrogens with one attached hydrogen (secondary N) is 2. The number of hydrogen-bond donors (Lipinski definition) is 2. The van der Waals surface area contributed by atoms with Crippen LogP contribution in [0.15, 0.2) is 48.5 Å². The molecule has 0 aromatic heterocycles. The fraction of sp³-hybridized carbons (Fsp3) is 0.304. The van der Waals surface area contributed by atoms with Crippen molar-refractivity contribution in [3.8, 4) is 5.75 Å². The third-order valence-corrected chi connectivity index (χ3v) is 5.34. The minimum Gasteiger partial charge on any atom is -0.496 e. The molecule has 3 amide bonds. The van der Waals surface area contributed by atoms with E-state index in [4.69, 9.17) is 9.47 Å². The molecule has 0 saturated heterocycles. The van der Waals surface area contributed by atoms with E-state index in [0.29, 0.717) is 17.0 Å². The lowest BCUT2D eigenvalue weighted by molar-refractivity contribution is -0.153. The van der Waals surface area contributed by atoms with Crippen LogP contribution in [0.3, 0.4) is 0 Å². The molecule has 0 aliphatic carbocycles. The molecule has 0 bridgehead atoms. The third kappa shape index (κ3) is 5.05. The second-order valence-electron chi connectivity index (χ2n) is 7.35. The Labute approximate surface area is 185 Å². The van der Waals surface area contributed by atoms with Crippen molar-refractivity contribution in [3.05, 3.63) is 59.7 Å². The standard InChI is InChI=1S/C23H25N3O6/c1-14(15-8-5-7-11-19(15)31-3)26(2)20(27)13-32-21(28)12-18-23(30)24-17-10-6-4-9-16(17)22(29)25-18/h4-11,14,18H,12-13H2,1-3H3,(H,24,30)(H,25,29)/t14?,18-/m0/s1. The van der Waals surface area contributed by atoms with Crippen molar-refractivity contribution in [1.82, 2.24) is 10.2 Å². The molecule has 1 aliphatic heterocycles. The molecule has 1 unspecified atom stereocenters. The molecule has 168 valence electrons. The number of benzene rings is 2. The van der Waals surface area contributed by atoms with Gasteiger partial charge in [-0.2, -0.15) is 0 Å². The van der Waals surface area contributed by atoms with Gasteiger partial charge >= 0.3 is 5.97 Å². The summed E-state index contributed by atoms with van der Waals surface area (Å²) in [6.45, 7) is 1.35. The molecule has 2 N–H and O–H groups in total. The molecule has 2 atom stereocenters. The average Bonchev–Trinajstić information content (AvgIpc) is 2.92. The summed E-state index contributed by atoms with van der Waals surface area (Å²) in [6.07, 6.45) is -0.398. The number of nitrogens with zero attached hydrogens (tertiary/aromatic N) is 1. The maximum Gasteiger partial charge on any atom is 0.308 e. The lowest BCUT2D eigenvalue weighted by Gasteiger charge is -2.26. The van der Waals surface area contributed by atoms with Crippen molar-refractivity contribution in [1.29, 1.82) is 0 Å². The van der Waals surface area contributed by atoms with E-state index >= 15 is 0 Å². The van der Waals surface area contributed by atoms with E-state index in [2.05, 4.69) is 10.6 Å². The van der Waals surface area contributed by atoms with Crippen LogP contribution in [-0.2, 0) is 19.1 Å². The largest absolute Gasteiger partial charge is 0.496 e. The van der Waals surface area contributed by atoms with Gasteiger partial charge in [0.1, 0.15) is 11.8 Å². The maximum absolute atomic E-state index is 12.5. The first-order chi connectivity index (χ1) is 15.3. The number of para-hydroxylation sites is 2. The molecule has 0 spiro atoms. The highest BCUT2D eigenvalue weighted by atomic mass is 16.5. The number of ether oxygens (including phenoxy) is 2. The van der Waals surface area contributed by atoms with Crippen LogP contribution in [0.5, 0.6) is 5.75 Å². The van der Waals surface area contributed by atoms with Gasteiger partial charge in [-0.1, -0.05) is 30.3 Å². The van der Waals surface area contributed by atoms with Crippen LogP contribution in [0.4, 0.5) is 5.69 Å². The first-order valence-electron chi connectivity index (χ1n) is 10.1. The minimum absolute atomic E-state index is 0.304. The number of amides is 3. The van der Waals surface area contributed by atoms with Crippen molar-refractivity contribution in [2.45, 2.75) is 25.4 Å². The number of likely N-dealkylation sites (N-methyl/N-ethyl adjacent to an activating group) is 1. The summed E-state index contributed by atoms with van der Waals surface area (Å²) in [5.74, 6) is -1.55. The van der Waals surface area contributed by atoms with Crippen LogP contribution in [0.25, 0.3) is 0 Å². The molecule has 2 aromatic carbocycles. The number of carbonyl (C=O) groups excluding carboxylic acids is 4. The molecule has 9 heteroatoms. The van der Waals surface area contributed by atoms with Crippen molar-refractivity contribution >= 4 is 29.4 Å². The normalized spacial score (nSPS) is 16.0. The summed E-state index contributed by atoms with van der Waals surface area (Å²) in [6, 6.07) is 12.4. The number of methoxy groups -OCH3 is 1. The molecule has 2 aromatic rings. The van der Waals surface area contributed by atoms with Crippen molar-refractivity contribution in [2.75, 3.05) is 26.1 Å². The van der Waals surface area contributed by atoms with Crippen molar-refractivity contribution in [2.24, 2.45) is 0 Å². The van der Waals surface area contributed by atoms with Crippen molar-refractivity contribution in [3.63, 3.8) is 0 Å². The molecule has 3 rings (SSSR count). The van der Waals surface area contributed by atoms with Gasteiger partial charge in [0.05, 0.1) is 30.8 Å². The highest BCUT2D eigenvalue weighted by Crippen LogP contribution is 2.28. The zero-order chi connectivity index (χ0) is 23.3. The van der Waals surface area contributed by atoms with Gasteiger partial charge in [-0.05, 0) is 25.1 Å². The second-order valence-corrected chi connectivity index (χ2v) is 7.35. The molecular formula is C23H25N3O6. The maximum atomic E-state index is 12.5. The van der Waals surface area contributed by atoms with Gasteiger partial charge in [-0.15, -0.1) is 0 Å². The topological polar surface area (TPSA) is 114 Å². The quantitative estimate of drug-likeness (QED) is 0.637. The molecular weight excluding hydrogens is 414 g/mol. The molecule has 1 aliphatic rings. The van der Waals surface area contributed by atoms with E-state index in [1.165, 1.54) is 4.90 Å². The Morgan fingerprint density at radius 2 is 1.78 bits per heavy atom. The van der Waals surface area contributed by atoms with E-state index in [0.717, 1.165) is 5.56 Å². The fourth-order valence-electron chi connectivity index (χ4n) is 3.36. The third-order valence-electron chi connectivity index (χ3n) is 5.34. The number of hydrogen-bond acceptors (Lipinski definition) is 6. The highest BCUT2D eigenvalue weighted by Gasteiger charge is 2.30. The Balaban J connectivity index is 1.56. The number of anilines is 1. The van der Waals surface area contributed by atoms with E-state index in [9.17, 15) is 19.2 Å². The van der Waals surface area contributed by atoms with E-state index in [1.807, 2.05) is 25.1 Å². The monoisotopic (exact) mass is 439 g/mol. The van der Waals surface area contributed by atoms with Gasteiger partial charge < -0.3 is 25.0 Å². The van der Waals surface area contributed by atoms with Crippen LogP contribution in [-0.4, -0.2) is 55.4 Å². The first-order valence-corrected chi connectivity index (χ1v) is 10.1. The zero-order valence-corrected chi connectivity index (χ0v) is 18.1. The molecule has 0 saturated carbocycles. The van der Waals surface area contributed by atoms with Crippen LogP contribution in [0.2, 0.25) is 0 Å².